The molecular weight excluding hydrogens is 619 g/mol. The molecule has 1 aromatic heterocycles. The lowest BCUT2D eigenvalue weighted by atomic mass is 9.85. The van der Waals surface area contributed by atoms with Crippen LogP contribution >= 0.6 is 0 Å². The van der Waals surface area contributed by atoms with E-state index in [0.717, 1.165) is 48.6 Å². The molecule has 51 heavy (non-hydrogen) atoms. The van der Waals surface area contributed by atoms with Gasteiger partial charge in [-0.2, -0.15) is 0 Å². The van der Waals surface area contributed by atoms with E-state index in [2.05, 4.69) is 120 Å². The summed E-state index contributed by atoms with van der Waals surface area (Å²) >= 11 is 0. The normalized spacial score (nSPS) is 13.9. The van der Waals surface area contributed by atoms with Crippen LogP contribution in [0.4, 0.5) is 0 Å². The Morgan fingerprint density at radius 1 is 0.843 bits per heavy atom. The van der Waals surface area contributed by atoms with Gasteiger partial charge in [0.25, 0.3) is 0 Å². The van der Waals surface area contributed by atoms with E-state index in [1.165, 1.54) is 78.0 Å². The fraction of sp³-hybridized carbons (Fsp3) is 0.146. The summed E-state index contributed by atoms with van der Waals surface area (Å²) in [7, 11) is 0. The highest BCUT2D eigenvalue weighted by molar-refractivity contribution is 6.20. The van der Waals surface area contributed by atoms with E-state index in [1.807, 2.05) is 32.1 Å². The van der Waals surface area contributed by atoms with E-state index in [1.54, 1.807) is 12.3 Å². The van der Waals surface area contributed by atoms with Gasteiger partial charge in [0.15, 0.2) is 0 Å². The number of benzene rings is 5. The van der Waals surface area contributed by atoms with Gasteiger partial charge in [-0.3, -0.25) is 0 Å². The Morgan fingerprint density at radius 2 is 1.65 bits per heavy atom. The maximum absolute atomic E-state index is 7.99. The van der Waals surface area contributed by atoms with Crippen LogP contribution in [0.2, 0.25) is 0 Å². The van der Waals surface area contributed by atoms with Crippen molar-refractivity contribution in [2.45, 2.75) is 46.0 Å². The third kappa shape index (κ3) is 6.10. The zero-order valence-corrected chi connectivity index (χ0v) is 29.6. The van der Waals surface area contributed by atoms with Gasteiger partial charge in [0.05, 0.1) is 11.0 Å². The molecule has 0 amide bonds. The second-order valence-electron chi connectivity index (χ2n) is 12.9. The van der Waals surface area contributed by atoms with Gasteiger partial charge >= 0.3 is 0 Å². The van der Waals surface area contributed by atoms with Gasteiger partial charge < -0.3 is 15.7 Å². The summed E-state index contributed by atoms with van der Waals surface area (Å²) in [4.78, 5) is 0. The monoisotopic (exact) mass is 663 g/mol. The standard InChI is InChI=1S/C46H39N3.C2H6/c1-2-11-36(30-48)33-20-24-40-34(28-33)22-26-43-42-25-21-35(38-23-19-32(12-4-3-9-27-47)37-15-7-8-17-41(37)38)29-45(42)49(46(40)43)44-18-10-14-31-13-5-6-16-39(31)44;1-2/h2-5,8-11,13-14,17-30,48H,1,6-7,12,15-16,47H2;1-2H3/b4-3-,27-9-,36-11+,48-30?;. The highest BCUT2D eigenvalue weighted by Crippen LogP contribution is 2.42. The zero-order chi connectivity index (χ0) is 35.3. The number of nitrogens with zero attached hydrogens (tertiary/aromatic N) is 1. The predicted octanol–water partition coefficient (Wildman–Crippen LogP) is 12.3. The summed E-state index contributed by atoms with van der Waals surface area (Å²) in [5, 5.41) is 12.8. The number of rotatable bonds is 8. The topological polar surface area (TPSA) is 54.8 Å². The number of allylic oxidation sites excluding steroid dienone is 8. The summed E-state index contributed by atoms with van der Waals surface area (Å²) < 4.78 is 2.53. The Morgan fingerprint density at radius 3 is 2.47 bits per heavy atom. The highest BCUT2D eigenvalue weighted by atomic mass is 15.0. The van der Waals surface area contributed by atoms with Crippen LogP contribution in [-0.2, 0) is 19.3 Å². The minimum Gasteiger partial charge on any atom is -0.405 e. The minimum atomic E-state index is 0.845. The first-order valence-corrected chi connectivity index (χ1v) is 18.2. The van der Waals surface area contributed by atoms with Crippen molar-refractivity contribution in [3.05, 3.63) is 168 Å². The molecule has 0 fully saturated rings. The van der Waals surface area contributed by atoms with Gasteiger partial charge in [-0.05, 0) is 118 Å². The van der Waals surface area contributed by atoms with Gasteiger partial charge in [0.1, 0.15) is 0 Å². The highest BCUT2D eigenvalue weighted by Gasteiger charge is 2.21. The molecule has 6 aromatic rings. The van der Waals surface area contributed by atoms with Crippen LogP contribution in [0.5, 0.6) is 0 Å². The fourth-order valence-corrected chi connectivity index (χ4v) is 7.86. The van der Waals surface area contributed by atoms with Crippen molar-refractivity contribution in [1.82, 2.24) is 4.57 Å². The molecule has 5 aromatic carbocycles. The van der Waals surface area contributed by atoms with Crippen LogP contribution in [0.15, 0.2) is 134 Å². The van der Waals surface area contributed by atoms with Crippen LogP contribution in [0, 0.1) is 5.41 Å². The molecule has 1 heterocycles. The predicted molar refractivity (Wildman–Crippen MR) is 223 cm³/mol. The number of aromatic nitrogens is 1. The lowest BCUT2D eigenvalue weighted by Crippen LogP contribution is -2.04. The van der Waals surface area contributed by atoms with E-state index in [4.69, 9.17) is 11.1 Å². The molecule has 0 aliphatic heterocycles. The number of hydrogen-bond donors (Lipinski definition) is 2. The Kier molecular flexibility index (Phi) is 9.81. The molecule has 3 heteroatoms. The largest absolute Gasteiger partial charge is 0.405 e. The van der Waals surface area contributed by atoms with E-state index in [9.17, 15) is 0 Å². The van der Waals surface area contributed by atoms with Crippen molar-refractivity contribution in [2.24, 2.45) is 5.73 Å². The van der Waals surface area contributed by atoms with Crippen molar-refractivity contribution in [1.29, 1.82) is 5.41 Å². The molecule has 0 saturated carbocycles. The summed E-state index contributed by atoms with van der Waals surface area (Å²) in [5.74, 6) is 0. The van der Waals surface area contributed by atoms with Gasteiger partial charge in [-0.15, -0.1) is 0 Å². The van der Waals surface area contributed by atoms with Crippen LogP contribution in [0.1, 0.15) is 60.1 Å². The quantitative estimate of drug-likeness (QED) is 0.124. The first-order chi connectivity index (χ1) is 25.2. The van der Waals surface area contributed by atoms with Gasteiger partial charge in [-0.25, -0.2) is 0 Å². The van der Waals surface area contributed by atoms with Crippen LogP contribution in [0.25, 0.3) is 67.1 Å². The minimum absolute atomic E-state index is 0.845. The molecule has 252 valence electrons. The Balaban J connectivity index is 0.00000200. The molecule has 0 spiro atoms. The second kappa shape index (κ2) is 14.9. The average Bonchev–Trinajstić information content (AvgIpc) is 3.52. The smallest absolute Gasteiger partial charge is 0.0619 e. The van der Waals surface area contributed by atoms with Crippen molar-refractivity contribution in [3.8, 4) is 16.8 Å². The third-order valence-corrected chi connectivity index (χ3v) is 10.1. The molecular formula is C48H45N3. The zero-order valence-electron chi connectivity index (χ0n) is 29.6. The lowest BCUT2D eigenvalue weighted by Gasteiger charge is -2.20. The number of nitrogens with one attached hydrogen (secondary N) is 1. The molecule has 0 unspecified atom stereocenters. The SMILES string of the molecule is C=C/C=C(\C=N)c1ccc2c(ccc3c4ccc(-c5ccc(C/C=C\C=C/N)c6c5C=CCC6)cc4n(-c4cccc5c4CCC=C5)c23)c1.CC. The molecule has 0 bridgehead atoms. The van der Waals surface area contributed by atoms with E-state index >= 15 is 0 Å². The Bertz CT molecular complexity index is 2460. The Labute approximate surface area is 301 Å². The van der Waals surface area contributed by atoms with Crippen molar-refractivity contribution in [2.75, 3.05) is 0 Å². The molecule has 3 nitrogen and oxygen atoms in total. The Hall–Kier alpha value is -5.93. The van der Waals surface area contributed by atoms with E-state index < -0.39 is 0 Å². The van der Waals surface area contributed by atoms with Crippen molar-refractivity contribution in [3.63, 3.8) is 0 Å². The summed E-state index contributed by atoms with van der Waals surface area (Å²) in [5.41, 5.74) is 20.5. The van der Waals surface area contributed by atoms with Crippen LogP contribution in [-0.4, -0.2) is 10.8 Å². The van der Waals surface area contributed by atoms with Gasteiger partial charge in [-0.1, -0.05) is 130 Å². The van der Waals surface area contributed by atoms with Crippen LogP contribution in [0.3, 0.4) is 0 Å². The molecule has 8 rings (SSSR count). The summed E-state index contributed by atoms with van der Waals surface area (Å²) in [6.07, 6.45) is 27.0. The summed E-state index contributed by atoms with van der Waals surface area (Å²) in [6, 6.07) is 29.5. The van der Waals surface area contributed by atoms with Gasteiger partial charge in [0.2, 0.25) is 0 Å². The lowest BCUT2D eigenvalue weighted by molar-refractivity contribution is 0.960. The van der Waals surface area contributed by atoms with Gasteiger partial charge in [0, 0.05) is 28.1 Å². The van der Waals surface area contributed by atoms with Crippen LogP contribution < -0.4 is 5.73 Å². The van der Waals surface area contributed by atoms with Crippen molar-refractivity contribution >= 4 is 56.5 Å². The number of fused-ring (bicyclic) bond motifs is 7. The fourth-order valence-electron chi connectivity index (χ4n) is 7.86. The van der Waals surface area contributed by atoms with E-state index in [0.29, 0.717) is 0 Å². The molecule has 0 radical (unpaired) electrons. The molecule has 2 aliphatic carbocycles. The number of hydrogen-bond acceptors (Lipinski definition) is 2. The maximum Gasteiger partial charge on any atom is 0.0619 e. The van der Waals surface area contributed by atoms with E-state index in [-0.39, 0.29) is 0 Å². The second-order valence-corrected chi connectivity index (χ2v) is 12.9. The molecule has 3 N–H and O–H groups in total. The third-order valence-electron chi connectivity index (χ3n) is 10.1. The maximum atomic E-state index is 7.99. The molecule has 0 saturated heterocycles. The molecule has 0 atom stereocenters. The first-order valence-electron chi connectivity index (χ1n) is 18.2. The summed E-state index contributed by atoms with van der Waals surface area (Å²) in [6.45, 7) is 7.86. The number of nitrogens with two attached hydrogens (primary N) is 1. The first kappa shape index (κ1) is 33.6. The average molecular weight is 664 g/mol. The van der Waals surface area contributed by atoms with Crippen molar-refractivity contribution < 1.29 is 0 Å². The molecule has 2 aliphatic rings.